The first-order chi connectivity index (χ1) is 13.0. The van der Waals surface area contributed by atoms with Gasteiger partial charge in [0.1, 0.15) is 22.6 Å². The molecule has 0 saturated carbocycles. The van der Waals surface area contributed by atoms with Crippen LogP contribution in [-0.4, -0.2) is 25.7 Å². The van der Waals surface area contributed by atoms with Gasteiger partial charge in [-0.1, -0.05) is 0 Å². The van der Waals surface area contributed by atoms with Gasteiger partial charge in [0, 0.05) is 11.5 Å². The Morgan fingerprint density at radius 3 is 2.33 bits per heavy atom. The van der Waals surface area contributed by atoms with Crippen LogP contribution in [0.5, 0.6) is 11.5 Å². The van der Waals surface area contributed by atoms with Gasteiger partial charge in [-0.2, -0.15) is 0 Å². The van der Waals surface area contributed by atoms with Crippen molar-refractivity contribution in [3.05, 3.63) is 70.1 Å². The predicted molar refractivity (Wildman–Crippen MR) is 96.4 cm³/mol. The molecular formula is C20H16O7. The van der Waals surface area contributed by atoms with Crippen molar-refractivity contribution < 1.29 is 28.2 Å². The highest BCUT2D eigenvalue weighted by Gasteiger charge is 2.17. The number of hydrogen-bond donors (Lipinski definition) is 0. The average molecular weight is 368 g/mol. The molecule has 1 heterocycles. The molecule has 0 aliphatic rings. The smallest absolute Gasteiger partial charge is 0.351 e. The quantitative estimate of drug-likeness (QED) is 0.388. The highest BCUT2D eigenvalue weighted by Crippen LogP contribution is 2.21. The molecule has 2 aromatic carbocycles. The largest absolute Gasteiger partial charge is 0.494 e. The van der Waals surface area contributed by atoms with Crippen molar-refractivity contribution in [3.8, 4) is 11.5 Å². The first-order valence-electron chi connectivity index (χ1n) is 8.13. The minimum atomic E-state index is -0.856. The van der Waals surface area contributed by atoms with Crippen molar-refractivity contribution in [2.75, 3.05) is 13.7 Å². The lowest BCUT2D eigenvalue weighted by atomic mass is 10.2. The van der Waals surface area contributed by atoms with E-state index >= 15 is 0 Å². The number of benzene rings is 2. The normalized spacial score (nSPS) is 10.4. The van der Waals surface area contributed by atoms with Crippen LogP contribution >= 0.6 is 0 Å². The summed E-state index contributed by atoms with van der Waals surface area (Å²) in [5.74, 6) is -0.618. The van der Waals surface area contributed by atoms with Crippen LogP contribution in [-0.2, 0) is 4.74 Å². The van der Waals surface area contributed by atoms with E-state index in [2.05, 4.69) is 4.74 Å². The van der Waals surface area contributed by atoms with E-state index in [1.165, 1.54) is 37.4 Å². The Hall–Kier alpha value is -3.61. The van der Waals surface area contributed by atoms with E-state index in [1.54, 1.807) is 18.2 Å². The monoisotopic (exact) mass is 368 g/mol. The standard InChI is InChI=1S/C20H16O7/c1-3-25-15-9-6-13-10-16(20(23)27-17(13)11-15)19(22)26-14-7-4-12(5-8-14)18(21)24-2/h4-11H,3H2,1-2H3. The van der Waals surface area contributed by atoms with E-state index in [9.17, 15) is 14.4 Å². The summed E-state index contributed by atoms with van der Waals surface area (Å²) in [7, 11) is 1.27. The lowest BCUT2D eigenvalue weighted by Crippen LogP contribution is -2.18. The zero-order valence-corrected chi connectivity index (χ0v) is 14.7. The lowest BCUT2D eigenvalue weighted by Gasteiger charge is -2.06. The van der Waals surface area contributed by atoms with Crippen molar-refractivity contribution in [3.63, 3.8) is 0 Å². The summed E-state index contributed by atoms with van der Waals surface area (Å²) in [6.07, 6.45) is 0. The van der Waals surface area contributed by atoms with Crippen LogP contribution in [0.25, 0.3) is 11.0 Å². The van der Waals surface area contributed by atoms with E-state index in [-0.39, 0.29) is 11.3 Å². The van der Waals surface area contributed by atoms with Gasteiger partial charge in [-0.3, -0.25) is 0 Å². The zero-order chi connectivity index (χ0) is 19.4. The Labute approximate surface area is 154 Å². The van der Waals surface area contributed by atoms with Gasteiger partial charge < -0.3 is 18.6 Å². The Morgan fingerprint density at radius 1 is 0.963 bits per heavy atom. The van der Waals surface area contributed by atoms with Gasteiger partial charge in [0.2, 0.25) is 0 Å². The fourth-order valence-corrected chi connectivity index (χ4v) is 2.43. The number of esters is 2. The third-order valence-corrected chi connectivity index (χ3v) is 3.72. The van der Waals surface area contributed by atoms with E-state index in [0.29, 0.717) is 28.9 Å². The SMILES string of the molecule is CCOc1ccc2cc(C(=O)Oc3ccc(C(=O)OC)cc3)c(=O)oc2c1. The number of rotatable bonds is 5. The van der Waals surface area contributed by atoms with Crippen LogP contribution in [0.15, 0.2) is 57.7 Å². The Morgan fingerprint density at radius 2 is 1.67 bits per heavy atom. The minimum absolute atomic E-state index is 0.179. The Balaban J connectivity index is 1.84. The number of hydrogen-bond acceptors (Lipinski definition) is 7. The van der Waals surface area contributed by atoms with E-state index in [1.807, 2.05) is 6.92 Å². The van der Waals surface area contributed by atoms with Crippen LogP contribution in [0.3, 0.4) is 0 Å². The van der Waals surface area contributed by atoms with E-state index in [0.717, 1.165) is 0 Å². The third-order valence-electron chi connectivity index (χ3n) is 3.72. The van der Waals surface area contributed by atoms with Gasteiger partial charge in [0.05, 0.1) is 19.3 Å². The molecule has 0 spiro atoms. The van der Waals surface area contributed by atoms with Gasteiger partial charge in [-0.15, -0.1) is 0 Å². The molecule has 0 radical (unpaired) electrons. The molecule has 3 aromatic rings. The number of fused-ring (bicyclic) bond motifs is 1. The highest BCUT2D eigenvalue weighted by atomic mass is 16.5. The summed E-state index contributed by atoms with van der Waals surface area (Å²) in [6.45, 7) is 2.33. The van der Waals surface area contributed by atoms with E-state index < -0.39 is 17.6 Å². The fourth-order valence-electron chi connectivity index (χ4n) is 2.43. The summed E-state index contributed by atoms with van der Waals surface area (Å²) < 4.78 is 20.3. The van der Waals surface area contributed by atoms with Crippen molar-refractivity contribution in [1.29, 1.82) is 0 Å². The Kier molecular flexibility index (Phi) is 5.21. The molecule has 1 aromatic heterocycles. The Bertz CT molecular complexity index is 1050. The maximum Gasteiger partial charge on any atom is 0.351 e. The summed E-state index contributed by atoms with van der Waals surface area (Å²) in [6, 6.07) is 12.2. The topological polar surface area (TPSA) is 92.0 Å². The molecule has 0 fully saturated rings. The lowest BCUT2D eigenvalue weighted by molar-refractivity contribution is 0.0600. The van der Waals surface area contributed by atoms with E-state index in [4.69, 9.17) is 13.9 Å². The summed E-state index contributed by atoms with van der Waals surface area (Å²) >= 11 is 0. The second kappa shape index (κ2) is 7.74. The molecule has 27 heavy (non-hydrogen) atoms. The second-order valence-corrected chi connectivity index (χ2v) is 5.49. The molecule has 3 rings (SSSR count). The van der Waals surface area contributed by atoms with Crippen LogP contribution in [0, 0.1) is 0 Å². The maximum atomic E-state index is 12.3. The zero-order valence-electron chi connectivity index (χ0n) is 14.7. The van der Waals surface area contributed by atoms with Gasteiger partial charge in [-0.05, 0) is 49.4 Å². The minimum Gasteiger partial charge on any atom is -0.494 e. The maximum absolute atomic E-state index is 12.3. The van der Waals surface area contributed by atoms with Gasteiger partial charge >= 0.3 is 17.6 Å². The molecule has 0 atom stereocenters. The average Bonchev–Trinajstić information content (AvgIpc) is 2.67. The number of carbonyl (C=O) groups excluding carboxylic acids is 2. The molecule has 0 aliphatic carbocycles. The molecular weight excluding hydrogens is 352 g/mol. The first-order valence-corrected chi connectivity index (χ1v) is 8.13. The van der Waals surface area contributed by atoms with Crippen LogP contribution in [0.1, 0.15) is 27.6 Å². The number of carbonyl (C=O) groups is 2. The highest BCUT2D eigenvalue weighted by molar-refractivity contribution is 5.94. The van der Waals surface area contributed by atoms with Gasteiger partial charge in [-0.25, -0.2) is 14.4 Å². The van der Waals surface area contributed by atoms with Crippen LogP contribution < -0.4 is 15.1 Å². The second-order valence-electron chi connectivity index (χ2n) is 5.49. The molecule has 0 saturated heterocycles. The van der Waals surface area contributed by atoms with Crippen molar-refractivity contribution in [2.24, 2.45) is 0 Å². The number of ether oxygens (including phenoxy) is 3. The predicted octanol–water partition coefficient (Wildman–Crippen LogP) is 3.20. The first kappa shape index (κ1) is 18.2. The van der Waals surface area contributed by atoms with Crippen LogP contribution in [0.2, 0.25) is 0 Å². The molecule has 0 unspecified atom stereocenters. The molecule has 0 amide bonds. The van der Waals surface area contributed by atoms with Gasteiger partial charge in [0.15, 0.2) is 0 Å². The fraction of sp³-hybridized carbons (Fsp3) is 0.150. The van der Waals surface area contributed by atoms with Crippen molar-refractivity contribution >= 4 is 22.9 Å². The molecule has 7 nitrogen and oxygen atoms in total. The van der Waals surface area contributed by atoms with Crippen LogP contribution in [0.4, 0.5) is 0 Å². The molecule has 0 N–H and O–H groups in total. The van der Waals surface area contributed by atoms with Gasteiger partial charge in [0.25, 0.3) is 0 Å². The summed E-state index contributed by atoms with van der Waals surface area (Å²) in [5, 5.41) is 0.561. The molecule has 0 bridgehead atoms. The van der Waals surface area contributed by atoms with Crippen molar-refractivity contribution in [2.45, 2.75) is 6.92 Å². The molecule has 7 heteroatoms. The number of methoxy groups -OCH3 is 1. The summed E-state index contributed by atoms with van der Waals surface area (Å²) in [5.41, 5.74) is -0.423. The summed E-state index contributed by atoms with van der Waals surface area (Å²) in [4.78, 5) is 35.9. The van der Waals surface area contributed by atoms with Crippen molar-refractivity contribution in [1.82, 2.24) is 0 Å². The third kappa shape index (κ3) is 3.98. The molecule has 138 valence electrons. The molecule has 0 aliphatic heterocycles.